The van der Waals surface area contributed by atoms with E-state index in [0.29, 0.717) is 19.8 Å². The van der Waals surface area contributed by atoms with Crippen LogP contribution in [-0.2, 0) is 19.7 Å². The summed E-state index contributed by atoms with van der Waals surface area (Å²) in [6, 6.07) is 11.1. The quantitative estimate of drug-likeness (QED) is 0.207. The minimum Gasteiger partial charge on any atom is -0.374 e. The average molecular weight is 445 g/mol. The smallest absolute Gasteiger partial charge is 0.374 e. The third-order valence-electron chi connectivity index (χ3n) is 5.32. The largest absolute Gasteiger partial charge is 0.500 e. The van der Waals surface area contributed by atoms with Gasteiger partial charge in [0.1, 0.15) is 0 Å². The van der Waals surface area contributed by atoms with Gasteiger partial charge in [-0.3, -0.25) is 9.97 Å². The van der Waals surface area contributed by atoms with Gasteiger partial charge in [0.25, 0.3) is 0 Å². The standard InChI is InChI=1S/C25H40N2O3Si/c1-4-28-31(29-5-2,30-6-3)22-15-11-9-7-8-10-12-17-23-18-16-21-27-25(23)24-19-13-14-20-26-24/h13-14,16,18-21H,4-12,15,17,22H2,1-3H3. The van der Waals surface area contributed by atoms with Gasteiger partial charge < -0.3 is 13.3 Å². The molecule has 0 amide bonds. The molecule has 6 heteroatoms. The van der Waals surface area contributed by atoms with E-state index in [1.165, 1.54) is 44.1 Å². The molecule has 0 aliphatic heterocycles. The highest BCUT2D eigenvalue weighted by Gasteiger charge is 2.39. The van der Waals surface area contributed by atoms with Crippen molar-refractivity contribution < 1.29 is 13.3 Å². The van der Waals surface area contributed by atoms with Crippen molar-refractivity contribution in [3.8, 4) is 11.4 Å². The molecule has 0 bridgehead atoms. The molecule has 0 spiro atoms. The second kappa shape index (κ2) is 15.2. The average Bonchev–Trinajstić information content (AvgIpc) is 2.79. The van der Waals surface area contributed by atoms with Crippen molar-refractivity contribution in [2.24, 2.45) is 0 Å². The Kier molecular flexibility index (Phi) is 12.6. The van der Waals surface area contributed by atoms with Crippen LogP contribution in [0.25, 0.3) is 11.4 Å². The highest BCUT2D eigenvalue weighted by atomic mass is 28.4. The summed E-state index contributed by atoms with van der Waals surface area (Å²) in [6.07, 6.45) is 13.4. The van der Waals surface area contributed by atoms with Gasteiger partial charge in [-0.1, -0.05) is 44.2 Å². The van der Waals surface area contributed by atoms with E-state index in [9.17, 15) is 0 Å². The molecule has 0 radical (unpaired) electrons. The molecule has 5 nitrogen and oxygen atoms in total. The lowest BCUT2D eigenvalue weighted by molar-refractivity contribution is 0.0706. The molecule has 0 fully saturated rings. The van der Waals surface area contributed by atoms with Crippen LogP contribution in [0, 0.1) is 0 Å². The Balaban J connectivity index is 1.63. The van der Waals surface area contributed by atoms with Crippen LogP contribution in [0.4, 0.5) is 0 Å². The van der Waals surface area contributed by atoms with Crippen molar-refractivity contribution in [2.75, 3.05) is 19.8 Å². The second-order valence-electron chi connectivity index (χ2n) is 7.68. The van der Waals surface area contributed by atoms with Gasteiger partial charge >= 0.3 is 8.80 Å². The zero-order valence-corrected chi connectivity index (χ0v) is 20.6. The number of pyridine rings is 2. The maximum absolute atomic E-state index is 5.94. The molecular weight excluding hydrogens is 404 g/mol. The third-order valence-corrected chi connectivity index (χ3v) is 8.47. The summed E-state index contributed by atoms with van der Waals surface area (Å²) in [4.78, 5) is 9.03. The van der Waals surface area contributed by atoms with E-state index in [-0.39, 0.29) is 0 Å². The van der Waals surface area contributed by atoms with Crippen molar-refractivity contribution in [1.29, 1.82) is 0 Å². The highest BCUT2D eigenvalue weighted by Crippen LogP contribution is 2.22. The summed E-state index contributed by atoms with van der Waals surface area (Å²) in [5, 5.41) is 0. The van der Waals surface area contributed by atoms with Gasteiger partial charge in [0.2, 0.25) is 0 Å². The van der Waals surface area contributed by atoms with Crippen LogP contribution in [0.3, 0.4) is 0 Å². The van der Waals surface area contributed by atoms with Crippen LogP contribution in [0.15, 0.2) is 42.7 Å². The molecule has 172 valence electrons. The number of nitrogens with zero attached hydrogens (tertiary/aromatic N) is 2. The zero-order valence-electron chi connectivity index (χ0n) is 19.6. The number of aromatic nitrogens is 2. The van der Waals surface area contributed by atoms with Crippen LogP contribution in [0.1, 0.15) is 71.3 Å². The fourth-order valence-corrected chi connectivity index (χ4v) is 6.60. The Hall–Kier alpha value is -1.60. The second-order valence-corrected chi connectivity index (χ2v) is 10.4. The number of aryl methyl sites for hydroxylation is 1. The Morgan fingerprint density at radius 3 is 1.90 bits per heavy atom. The van der Waals surface area contributed by atoms with E-state index < -0.39 is 8.80 Å². The summed E-state index contributed by atoms with van der Waals surface area (Å²) in [5.41, 5.74) is 3.28. The maximum Gasteiger partial charge on any atom is 0.500 e. The molecule has 0 saturated carbocycles. The predicted octanol–water partition coefficient (Wildman–Crippen LogP) is 6.47. The first kappa shape index (κ1) is 25.7. The van der Waals surface area contributed by atoms with Crippen molar-refractivity contribution in [2.45, 2.75) is 78.2 Å². The SMILES string of the molecule is CCO[Si](CCCCCCCCCc1cccnc1-c1ccccn1)(OCC)OCC. The third kappa shape index (κ3) is 9.19. The molecule has 0 N–H and O–H groups in total. The van der Waals surface area contributed by atoms with Gasteiger partial charge in [-0.2, -0.15) is 0 Å². The van der Waals surface area contributed by atoms with Crippen LogP contribution in [0.5, 0.6) is 0 Å². The van der Waals surface area contributed by atoms with Crippen LogP contribution < -0.4 is 0 Å². The first-order chi connectivity index (χ1) is 15.2. The molecule has 31 heavy (non-hydrogen) atoms. The summed E-state index contributed by atoms with van der Waals surface area (Å²) in [6.45, 7) is 8.03. The van der Waals surface area contributed by atoms with Crippen molar-refractivity contribution >= 4 is 8.80 Å². The summed E-state index contributed by atoms with van der Waals surface area (Å²) in [7, 11) is -2.46. The highest BCUT2D eigenvalue weighted by molar-refractivity contribution is 6.60. The molecule has 0 aliphatic carbocycles. The molecule has 0 aromatic carbocycles. The van der Waals surface area contributed by atoms with E-state index in [0.717, 1.165) is 30.3 Å². The van der Waals surface area contributed by atoms with Gasteiger partial charge in [0.15, 0.2) is 0 Å². The Labute approximate surface area is 189 Å². The van der Waals surface area contributed by atoms with Crippen molar-refractivity contribution in [1.82, 2.24) is 9.97 Å². The predicted molar refractivity (Wildman–Crippen MR) is 129 cm³/mol. The van der Waals surface area contributed by atoms with E-state index >= 15 is 0 Å². The lowest BCUT2D eigenvalue weighted by Gasteiger charge is -2.28. The van der Waals surface area contributed by atoms with Gasteiger partial charge in [0.05, 0.1) is 11.4 Å². The lowest BCUT2D eigenvalue weighted by atomic mass is 10.0. The Morgan fingerprint density at radius 1 is 0.677 bits per heavy atom. The molecule has 2 rings (SSSR count). The molecule has 0 atom stereocenters. The maximum atomic E-state index is 5.94. The summed E-state index contributed by atoms with van der Waals surface area (Å²) >= 11 is 0. The van der Waals surface area contributed by atoms with Crippen LogP contribution in [0.2, 0.25) is 6.04 Å². The fraction of sp³-hybridized carbons (Fsp3) is 0.600. The Morgan fingerprint density at radius 2 is 1.29 bits per heavy atom. The molecule has 0 saturated heterocycles. The monoisotopic (exact) mass is 444 g/mol. The summed E-state index contributed by atoms with van der Waals surface area (Å²) in [5.74, 6) is 0. The van der Waals surface area contributed by atoms with Crippen LogP contribution in [-0.4, -0.2) is 38.6 Å². The molecular formula is C25H40N2O3Si. The van der Waals surface area contributed by atoms with E-state index in [1.54, 1.807) is 0 Å². The minimum atomic E-state index is -2.46. The minimum absolute atomic E-state index is 0.658. The number of rotatable bonds is 17. The molecule has 2 aromatic rings. The van der Waals surface area contributed by atoms with Gasteiger partial charge in [0, 0.05) is 38.3 Å². The lowest BCUT2D eigenvalue weighted by Crippen LogP contribution is -2.45. The number of hydrogen-bond acceptors (Lipinski definition) is 5. The van der Waals surface area contributed by atoms with Gasteiger partial charge in [-0.05, 0) is 63.8 Å². The Bertz CT molecular complexity index is 698. The molecule has 0 aliphatic rings. The van der Waals surface area contributed by atoms with Crippen molar-refractivity contribution in [3.05, 3.63) is 48.3 Å². The van der Waals surface area contributed by atoms with Crippen LogP contribution >= 0.6 is 0 Å². The van der Waals surface area contributed by atoms with Gasteiger partial charge in [-0.15, -0.1) is 0 Å². The van der Waals surface area contributed by atoms with Gasteiger partial charge in [-0.25, -0.2) is 0 Å². The number of unbranched alkanes of at least 4 members (excludes halogenated alkanes) is 6. The normalized spacial score (nSPS) is 11.7. The van der Waals surface area contributed by atoms with E-state index in [2.05, 4.69) is 16.0 Å². The van der Waals surface area contributed by atoms with E-state index in [1.807, 2.05) is 57.4 Å². The fourth-order valence-electron chi connectivity index (χ4n) is 3.92. The van der Waals surface area contributed by atoms with E-state index in [4.69, 9.17) is 13.3 Å². The van der Waals surface area contributed by atoms with Crippen molar-refractivity contribution in [3.63, 3.8) is 0 Å². The topological polar surface area (TPSA) is 53.5 Å². The molecule has 2 heterocycles. The zero-order chi connectivity index (χ0) is 22.2. The molecule has 2 aromatic heterocycles. The first-order valence-corrected chi connectivity index (χ1v) is 13.9. The first-order valence-electron chi connectivity index (χ1n) is 12.0. The summed E-state index contributed by atoms with van der Waals surface area (Å²) < 4.78 is 17.8. The number of hydrogen-bond donors (Lipinski definition) is 0. The molecule has 0 unspecified atom stereocenters.